The van der Waals surface area contributed by atoms with Crippen molar-refractivity contribution in [2.75, 3.05) is 25.9 Å². The number of alkyl halides is 3. The molecule has 1 aromatic carbocycles. The second-order valence-corrected chi connectivity index (χ2v) is 5.90. The first-order valence-corrected chi connectivity index (χ1v) is 7.71. The van der Waals surface area contributed by atoms with E-state index in [1.54, 1.807) is 11.0 Å². The van der Waals surface area contributed by atoms with Crippen LogP contribution in [0.1, 0.15) is 22.9 Å². The Bertz CT molecular complexity index is 507. The van der Waals surface area contributed by atoms with Crippen LogP contribution in [-0.2, 0) is 11.0 Å². The standard InChI is InChI=1S/C14H17F3N2OS/c1-18-6-3-7-19-12(20)9-21-13(19)10-4-2-5-11(8-10)14(15,16)17/h2,4-5,8,13,18H,3,6-7,9H2,1H3. The third kappa shape index (κ3) is 3.91. The van der Waals surface area contributed by atoms with Gasteiger partial charge < -0.3 is 10.2 Å². The van der Waals surface area contributed by atoms with Crippen LogP contribution >= 0.6 is 11.8 Å². The Hall–Kier alpha value is -1.21. The maximum absolute atomic E-state index is 12.8. The number of nitrogens with zero attached hydrogens (tertiary/aromatic N) is 1. The zero-order valence-corrected chi connectivity index (χ0v) is 12.4. The lowest BCUT2D eigenvalue weighted by atomic mass is 10.1. The molecule has 1 aliphatic heterocycles. The molecule has 2 rings (SSSR count). The summed E-state index contributed by atoms with van der Waals surface area (Å²) in [5.41, 5.74) is -0.139. The minimum absolute atomic E-state index is 0.0153. The summed E-state index contributed by atoms with van der Waals surface area (Å²) < 4.78 is 38.3. The Balaban J connectivity index is 2.17. The van der Waals surface area contributed by atoms with Crippen LogP contribution in [0.4, 0.5) is 13.2 Å². The van der Waals surface area contributed by atoms with E-state index in [1.165, 1.54) is 17.8 Å². The summed E-state index contributed by atoms with van der Waals surface area (Å²) in [6.07, 6.45) is -3.58. The van der Waals surface area contributed by atoms with E-state index in [4.69, 9.17) is 0 Å². The van der Waals surface area contributed by atoms with Gasteiger partial charge in [0.2, 0.25) is 5.91 Å². The first-order valence-electron chi connectivity index (χ1n) is 6.66. The first-order chi connectivity index (χ1) is 9.93. The smallest absolute Gasteiger partial charge is 0.326 e. The highest BCUT2D eigenvalue weighted by atomic mass is 32.2. The first kappa shape index (κ1) is 16.2. The second kappa shape index (κ2) is 6.70. The molecule has 116 valence electrons. The van der Waals surface area contributed by atoms with Gasteiger partial charge in [-0.2, -0.15) is 13.2 Å². The third-order valence-electron chi connectivity index (χ3n) is 3.29. The molecule has 0 aliphatic carbocycles. The number of amides is 1. The number of hydrogen-bond acceptors (Lipinski definition) is 3. The van der Waals surface area contributed by atoms with Gasteiger partial charge in [0.25, 0.3) is 0 Å². The predicted octanol–water partition coefficient (Wildman–Crippen LogP) is 2.89. The average molecular weight is 318 g/mol. The van der Waals surface area contributed by atoms with E-state index in [9.17, 15) is 18.0 Å². The Morgan fingerprint density at radius 3 is 2.86 bits per heavy atom. The topological polar surface area (TPSA) is 32.3 Å². The van der Waals surface area contributed by atoms with Gasteiger partial charge in [-0.1, -0.05) is 12.1 Å². The van der Waals surface area contributed by atoms with Gasteiger partial charge in [0, 0.05) is 6.54 Å². The molecule has 21 heavy (non-hydrogen) atoms. The number of halogens is 3. The van der Waals surface area contributed by atoms with E-state index in [1.807, 2.05) is 7.05 Å². The van der Waals surface area contributed by atoms with Crippen LogP contribution in [0.3, 0.4) is 0 Å². The van der Waals surface area contributed by atoms with Crippen LogP contribution in [0.5, 0.6) is 0 Å². The van der Waals surface area contributed by atoms with E-state index in [-0.39, 0.29) is 11.3 Å². The molecule has 0 bridgehead atoms. The molecular weight excluding hydrogens is 301 g/mol. The van der Waals surface area contributed by atoms with Gasteiger partial charge >= 0.3 is 6.18 Å². The van der Waals surface area contributed by atoms with Crippen molar-refractivity contribution < 1.29 is 18.0 Å². The highest BCUT2D eigenvalue weighted by Crippen LogP contribution is 2.40. The number of nitrogens with one attached hydrogen (secondary N) is 1. The predicted molar refractivity (Wildman–Crippen MR) is 76.9 cm³/mol. The van der Waals surface area contributed by atoms with Crippen molar-refractivity contribution in [2.45, 2.75) is 18.0 Å². The summed E-state index contributed by atoms with van der Waals surface area (Å²) in [5.74, 6) is 0.305. The van der Waals surface area contributed by atoms with Gasteiger partial charge in [0.1, 0.15) is 5.37 Å². The molecule has 1 N–H and O–H groups in total. The minimum Gasteiger partial charge on any atom is -0.326 e. The molecule has 1 atom stereocenters. The van der Waals surface area contributed by atoms with Gasteiger partial charge in [0.15, 0.2) is 0 Å². The number of rotatable bonds is 5. The molecule has 0 saturated carbocycles. The molecule has 0 aromatic heterocycles. The maximum atomic E-state index is 12.8. The summed E-state index contributed by atoms with van der Waals surface area (Å²) in [7, 11) is 1.82. The number of carbonyl (C=O) groups is 1. The van der Waals surface area contributed by atoms with Gasteiger partial charge in [0.05, 0.1) is 11.3 Å². The largest absolute Gasteiger partial charge is 0.416 e. The minimum atomic E-state index is -4.36. The summed E-state index contributed by atoms with van der Waals surface area (Å²) in [6.45, 7) is 1.32. The number of carbonyl (C=O) groups excluding carboxylic acids is 1. The zero-order valence-electron chi connectivity index (χ0n) is 11.6. The van der Waals surface area contributed by atoms with E-state index >= 15 is 0 Å². The van der Waals surface area contributed by atoms with Crippen LogP contribution in [0.15, 0.2) is 24.3 Å². The highest BCUT2D eigenvalue weighted by Gasteiger charge is 2.35. The van der Waals surface area contributed by atoms with Crippen LogP contribution < -0.4 is 5.32 Å². The lowest BCUT2D eigenvalue weighted by Crippen LogP contribution is -2.30. The Labute approximate surface area is 125 Å². The molecule has 1 heterocycles. The van der Waals surface area contributed by atoms with Crippen molar-refractivity contribution in [1.82, 2.24) is 10.2 Å². The van der Waals surface area contributed by atoms with Crippen molar-refractivity contribution in [3.63, 3.8) is 0 Å². The lowest BCUT2D eigenvalue weighted by molar-refractivity contribution is -0.137. The quantitative estimate of drug-likeness (QED) is 0.847. The van der Waals surface area contributed by atoms with E-state index in [0.29, 0.717) is 17.9 Å². The highest BCUT2D eigenvalue weighted by molar-refractivity contribution is 8.00. The fourth-order valence-corrected chi connectivity index (χ4v) is 3.48. The van der Waals surface area contributed by atoms with Crippen LogP contribution in [0, 0.1) is 0 Å². The monoisotopic (exact) mass is 318 g/mol. The lowest BCUT2D eigenvalue weighted by Gasteiger charge is -2.24. The Morgan fingerprint density at radius 1 is 1.43 bits per heavy atom. The average Bonchev–Trinajstić information content (AvgIpc) is 2.80. The summed E-state index contributed by atoms with van der Waals surface area (Å²) >= 11 is 1.38. The van der Waals surface area contributed by atoms with E-state index in [0.717, 1.165) is 25.1 Å². The van der Waals surface area contributed by atoms with Gasteiger partial charge in [-0.05, 0) is 37.7 Å². The molecular formula is C14H17F3N2OS. The summed E-state index contributed by atoms with van der Waals surface area (Å²) in [4.78, 5) is 13.6. The SMILES string of the molecule is CNCCCN1C(=O)CSC1c1cccc(C(F)(F)F)c1. The molecule has 0 spiro atoms. The van der Waals surface area contributed by atoms with Crippen LogP contribution in [-0.4, -0.2) is 36.7 Å². The molecule has 0 radical (unpaired) electrons. The second-order valence-electron chi connectivity index (χ2n) is 4.83. The van der Waals surface area contributed by atoms with Gasteiger partial charge in [-0.25, -0.2) is 0 Å². The van der Waals surface area contributed by atoms with Crippen molar-refractivity contribution in [2.24, 2.45) is 0 Å². The van der Waals surface area contributed by atoms with E-state index in [2.05, 4.69) is 5.32 Å². The van der Waals surface area contributed by atoms with Crippen molar-refractivity contribution in [1.29, 1.82) is 0 Å². The normalized spacial score (nSPS) is 19.3. The zero-order chi connectivity index (χ0) is 15.5. The van der Waals surface area contributed by atoms with Gasteiger partial charge in [-0.3, -0.25) is 4.79 Å². The molecule has 1 fully saturated rings. The van der Waals surface area contributed by atoms with E-state index < -0.39 is 11.7 Å². The summed E-state index contributed by atoms with van der Waals surface area (Å²) in [6, 6.07) is 5.24. The molecule has 7 heteroatoms. The Morgan fingerprint density at radius 2 is 2.19 bits per heavy atom. The molecule has 3 nitrogen and oxygen atoms in total. The maximum Gasteiger partial charge on any atom is 0.416 e. The fourth-order valence-electron chi connectivity index (χ4n) is 2.27. The molecule has 1 saturated heterocycles. The van der Waals surface area contributed by atoms with Crippen molar-refractivity contribution in [3.05, 3.63) is 35.4 Å². The number of thioether (sulfide) groups is 1. The molecule has 1 unspecified atom stereocenters. The third-order valence-corrected chi connectivity index (χ3v) is 4.55. The number of benzene rings is 1. The van der Waals surface area contributed by atoms with Gasteiger partial charge in [-0.15, -0.1) is 11.8 Å². The Kier molecular flexibility index (Phi) is 5.16. The summed E-state index contributed by atoms with van der Waals surface area (Å²) in [5, 5.41) is 2.67. The molecule has 1 amide bonds. The molecule has 1 aliphatic rings. The molecule has 1 aromatic rings. The number of hydrogen-bond donors (Lipinski definition) is 1. The van der Waals surface area contributed by atoms with Crippen LogP contribution in [0.25, 0.3) is 0 Å². The van der Waals surface area contributed by atoms with Crippen molar-refractivity contribution >= 4 is 17.7 Å². The van der Waals surface area contributed by atoms with Crippen LogP contribution in [0.2, 0.25) is 0 Å². The van der Waals surface area contributed by atoms with Crippen molar-refractivity contribution in [3.8, 4) is 0 Å². The fraction of sp³-hybridized carbons (Fsp3) is 0.500.